The zero-order valence-electron chi connectivity index (χ0n) is 7.57. The van der Waals surface area contributed by atoms with Gasteiger partial charge in [0.05, 0.1) is 7.11 Å². The number of hydrogen-bond acceptors (Lipinski definition) is 3. The Morgan fingerprint density at radius 3 is 2.64 bits per heavy atom. The number of benzene rings is 1. The van der Waals surface area contributed by atoms with E-state index in [1.807, 2.05) is 6.07 Å². The number of amides is 1. The lowest BCUT2D eigenvalue weighted by Gasteiger charge is -2.11. The molecule has 1 aromatic carbocycles. The zero-order valence-corrected chi connectivity index (χ0v) is 8.32. The van der Waals surface area contributed by atoms with Crippen molar-refractivity contribution in [2.75, 3.05) is 7.11 Å². The quantitative estimate of drug-likeness (QED) is 0.609. The summed E-state index contributed by atoms with van der Waals surface area (Å²) < 4.78 is 5.10. The zero-order chi connectivity index (χ0) is 10.4. The third-order valence-electron chi connectivity index (χ3n) is 1.39. The van der Waals surface area contributed by atoms with Gasteiger partial charge in [-0.25, -0.2) is 5.48 Å². The SMILES string of the molecule is CONC(=O)C(Cl)Oc1ccccc1. The predicted octanol–water partition coefficient (Wildman–Crippen LogP) is 1.31. The van der Waals surface area contributed by atoms with Gasteiger partial charge in [0.15, 0.2) is 0 Å². The van der Waals surface area contributed by atoms with E-state index < -0.39 is 11.5 Å². The molecule has 0 spiro atoms. The van der Waals surface area contributed by atoms with Crippen LogP contribution in [0.3, 0.4) is 0 Å². The Morgan fingerprint density at radius 2 is 2.07 bits per heavy atom. The molecule has 0 saturated carbocycles. The van der Waals surface area contributed by atoms with Gasteiger partial charge in [0, 0.05) is 0 Å². The van der Waals surface area contributed by atoms with E-state index in [2.05, 4.69) is 10.3 Å². The van der Waals surface area contributed by atoms with Crippen LogP contribution in [0.4, 0.5) is 0 Å². The number of ether oxygens (including phenoxy) is 1. The van der Waals surface area contributed by atoms with Crippen molar-refractivity contribution in [1.82, 2.24) is 5.48 Å². The molecule has 14 heavy (non-hydrogen) atoms. The Kier molecular flexibility index (Phi) is 4.22. The van der Waals surface area contributed by atoms with Crippen LogP contribution in [0.25, 0.3) is 0 Å². The minimum Gasteiger partial charge on any atom is -0.465 e. The number of nitrogens with one attached hydrogen (secondary N) is 1. The Bertz CT molecular complexity index is 291. The van der Waals surface area contributed by atoms with E-state index in [1.165, 1.54) is 7.11 Å². The van der Waals surface area contributed by atoms with Crippen LogP contribution in [0.1, 0.15) is 0 Å². The summed E-state index contributed by atoms with van der Waals surface area (Å²) in [6.07, 6.45) is 0. The topological polar surface area (TPSA) is 47.6 Å². The van der Waals surface area contributed by atoms with E-state index in [0.717, 1.165) is 0 Å². The van der Waals surface area contributed by atoms with Gasteiger partial charge in [-0.05, 0) is 12.1 Å². The van der Waals surface area contributed by atoms with Crippen molar-refractivity contribution < 1.29 is 14.4 Å². The Labute approximate surface area is 86.7 Å². The van der Waals surface area contributed by atoms with Gasteiger partial charge in [0.1, 0.15) is 5.75 Å². The van der Waals surface area contributed by atoms with E-state index >= 15 is 0 Å². The fourth-order valence-corrected chi connectivity index (χ4v) is 0.966. The van der Waals surface area contributed by atoms with E-state index in [0.29, 0.717) is 5.75 Å². The van der Waals surface area contributed by atoms with Gasteiger partial charge in [0.25, 0.3) is 11.5 Å². The summed E-state index contributed by atoms with van der Waals surface area (Å²) in [6, 6.07) is 8.82. The first-order chi connectivity index (χ1) is 6.74. The second-order valence-electron chi connectivity index (χ2n) is 2.42. The van der Waals surface area contributed by atoms with Crippen LogP contribution in [0.5, 0.6) is 5.75 Å². The molecule has 1 rings (SSSR count). The molecule has 1 amide bonds. The average molecular weight is 216 g/mol. The molecule has 0 aliphatic carbocycles. The predicted molar refractivity (Wildman–Crippen MR) is 51.9 cm³/mol. The molecule has 1 unspecified atom stereocenters. The van der Waals surface area contributed by atoms with Gasteiger partial charge in [-0.1, -0.05) is 29.8 Å². The Morgan fingerprint density at radius 1 is 1.43 bits per heavy atom. The molecule has 0 bridgehead atoms. The van der Waals surface area contributed by atoms with Gasteiger partial charge in [-0.15, -0.1) is 0 Å². The fourth-order valence-electron chi connectivity index (χ4n) is 0.819. The monoisotopic (exact) mass is 215 g/mol. The number of para-hydroxylation sites is 1. The maximum absolute atomic E-state index is 11.1. The summed E-state index contributed by atoms with van der Waals surface area (Å²) in [5.74, 6) is -0.0169. The van der Waals surface area contributed by atoms with Gasteiger partial charge in [-0.2, -0.15) is 0 Å². The lowest BCUT2D eigenvalue weighted by molar-refractivity contribution is -0.135. The molecule has 5 heteroatoms. The standard InChI is InChI=1S/C9H10ClNO3/c1-13-11-9(12)8(10)14-7-5-3-2-4-6-7/h2-6,8H,1H3,(H,11,12). The van der Waals surface area contributed by atoms with Gasteiger partial charge < -0.3 is 4.74 Å². The van der Waals surface area contributed by atoms with Crippen LogP contribution in [0.2, 0.25) is 0 Å². The number of rotatable bonds is 4. The first-order valence-corrected chi connectivity index (χ1v) is 4.36. The molecule has 1 aromatic rings. The summed E-state index contributed by atoms with van der Waals surface area (Å²) in [5, 5.41) is 0. The average Bonchev–Trinajstić information content (AvgIpc) is 2.19. The third kappa shape index (κ3) is 3.24. The molecule has 0 saturated heterocycles. The molecule has 0 aliphatic rings. The highest BCUT2D eigenvalue weighted by Crippen LogP contribution is 2.12. The number of alkyl halides is 1. The second kappa shape index (κ2) is 5.47. The summed E-state index contributed by atoms with van der Waals surface area (Å²) in [7, 11) is 1.32. The van der Waals surface area contributed by atoms with E-state index in [4.69, 9.17) is 16.3 Å². The molecule has 0 fully saturated rings. The molecule has 1 N–H and O–H groups in total. The summed E-state index contributed by atoms with van der Waals surface area (Å²) in [5.41, 5.74) is 0.970. The van der Waals surface area contributed by atoms with Crippen LogP contribution in [0, 0.1) is 0 Å². The van der Waals surface area contributed by atoms with E-state index in [-0.39, 0.29) is 0 Å². The van der Waals surface area contributed by atoms with Gasteiger partial charge in [0.2, 0.25) is 0 Å². The first kappa shape index (κ1) is 10.8. The number of hydroxylamine groups is 1. The Hall–Kier alpha value is -1.26. The smallest absolute Gasteiger partial charge is 0.300 e. The normalized spacial score (nSPS) is 11.9. The maximum atomic E-state index is 11.1. The maximum Gasteiger partial charge on any atom is 0.300 e. The highest BCUT2D eigenvalue weighted by Gasteiger charge is 2.16. The lowest BCUT2D eigenvalue weighted by Crippen LogP contribution is -2.33. The molecule has 0 aromatic heterocycles. The van der Waals surface area contributed by atoms with Crippen LogP contribution < -0.4 is 10.2 Å². The molecular formula is C9H10ClNO3. The molecular weight excluding hydrogens is 206 g/mol. The highest BCUT2D eigenvalue weighted by molar-refractivity contribution is 6.29. The summed E-state index contributed by atoms with van der Waals surface area (Å²) >= 11 is 5.63. The van der Waals surface area contributed by atoms with E-state index in [9.17, 15) is 4.79 Å². The van der Waals surface area contributed by atoms with Crippen molar-refractivity contribution in [1.29, 1.82) is 0 Å². The number of hydrogen-bond donors (Lipinski definition) is 1. The second-order valence-corrected chi connectivity index (χ2v) is 2.81. The lowest BCUT2D eigenvalue weighted by atomic mass is 10.3. The molecule has 0 radical (unpaired) electrons. The molecule has 1 atom stereocenters. The van der Waals surface area contributed by atoms with Crippen LogP contribution in [-0.4, -0.2) is 18.6 Å². The van der Waals surface area contributed by atoms with Crippen molar-refractivity contribution in [2.45, 2.75) is 5.56 Å². The van der Waals surface area contributed by atoms with Crippen LogP contribution in [-0.2, 0) is 9.63 Å². The van der Waals surface area contributed by atoms with Crippen molar-refractivity contribution in [3.63, 3.8) is 0 Å². The highest BCUT2D eigenvalue weighted by atomic mass is 35.5. The fraction of sp³-hybridized carbons (Fsp3) is 0.222. The van der Waals surface area contributed by atoms with Crippen molar-refractivity contribution in [3.8, 4) is 5.75 Å². The Balaban J connectivity index is 2.49. The van der Waals surface area contributed by atoms with Crippen LogP contribution in [0.15, 0.2) is 30.3 Å². The molecule has 76 valence electrons. The minimum absolute atomic E-state index is 0.527. The number of carbonyl (C=O) groups is 1. The van der Waals surface area contributed by atoms with E-state index in [1.54, 1.807) is 24.3 Å². The number of carbonyl (C=O) groups excluding carboxylic acids is 1. The third-order valence-corrected chi connectivity index (χ3v) is 1.68. The minimum atomic E-state index is -1.10. The number of halogens is 1. The van der Waals surface area contributed by atoms with Crippen molar-refractivity contribution >= 4 is 17.5 Å². The van der Waals surface area contributed by atoms with Gasteiger partial charge in [-0.3, -0.25) is 9.63 Å². The molecule has 0 aliphatic heterocycles. The summed E-state index contributed by atoms with van der Waals surface area (Å²) in [6.45, 7) is 0. The van der Waals surface area contributed by atoms with Crippen molar-refractivity contribution in [3.05, 3.63) is 30.3 Å². The van der Waals surface area contributed by atoms with Crippen LogP contribution >= 0.6 is 11.6 Å². The molecule has 0 heterocycles. The molecule has 4 nitrogen and oxygen atoms in total. The largest absolute Gasteiger partial charge is 0.465 e. The first-order valence-electron chi connectivity index (χ1n) is 3.92. The summed E-state index contributed by atoms with van der Waals surface area (Å²) in [4.78, 5) is 15.5. The van der Waals surface area contributed by atoms with Gasteiger partial charge >= 0.3 is 0 Å². The van der Waals surface area contributed by atoms with Crippen molar-refractivity contribution in [2.24, 2.45) is 0 Å².